The Labute approximate surface area is 120 Å². The van der Waals surface area contributed by atoms with Gasteiger partial charge >= 0.3 is 0 Å². The minimum atomic E-state index is -0.380. The predicted octanol–water partition coefficient (Wildman–Crippen LogP) is 2.53. The number of aliphatic hydroxyl groups is 1. The number of aliphatic hydroxyl groups excluding tert-OH is 1. The highest BCUT2D eigenvalue weighted by atomic mass is 19.1. The van der Waals surface area contributed by atoms with E-state index in [1.54, 1.807) is 6.07 Å². The highest BCUT2D eigenvalue weighted by molar-refractivity contribution is 5.55. The second-order valence-corrected chi connectivity index (χ2v) is 6.06. The average Bonchev–Trinajstić information content (AvgIpc) is 2.40. The van der Waals surface area contributed by atoms with Gasteiger partial charge in [0.2, 0.25) is 0 Å². The first-order chi connectivity index (χ1) is 9.49. The molecule has 4 heteroatoms. The van der Waals surface area contributed by atoms with Gasteiger partial charge < -0.3 is 15.3 Å². The molecule has 2 atom stereocenters. The molecule has 3 nitrogen and oxygen atoms in total. The molecular weight excluding hydrogens is 255 g/mol. The summed E-state index contributed by atoms with van der Waals surface area (Å²) in [6.45, 7) is 8.15. The van der Waals surface area contributed by atoms with Crippen molar-refractivity contribution < 1.29 is 9.50 Å². The van der Waals surface area contributed by atoms with Crippen molar-refractivity contribution in [2.45, 2.75) is 45.9 Å². The third-order valence-corrected chi connectivity index (χ3v) is 4.01. The Morgan fingerprint density at radius 2 is 2.20 bits per heavy atom. The third kappa shape index (κ3) is 3.49. The van der Waals surface area contributed by atoms with Gasteiger partial charge in [-0.15, -0.1) is 0 Å². The predicted molar refractivity (Wildman–Crippen MR) is 80.4 cm³/mol. The van der Waals surface area contributed by atoms with Crippen molar-refractivity contribution in [3.05, 3.63) is 29.6 Å². The molecule has 0 bridgehead atoms. The fraction of sp³-hybridized carbons (Fsp3) is 0.625. The average molecular weight is 280 g/mol. The minimum Gasteiger partial charge on any atom is -0.391 e. The summed E-state index contributed by atoms with van der Waals surface area (Å²) in [4.78, 5) is 1.98. The number of piperidine rings is 1. The van der Waals surface area contributed by atoms with Gasteiger partial charge in [0.05, 0.1) is 11.8 Å². The number of para-hydroxylation sites is 1. The van der Waals surface area contributed by atoms with Crippen LogP contribution in [0.25, 0.3) is 0 Å². The van der Waals surface area contributed by atoms with Crippen molar-refractivity contribution in [1.82, 2.24) is 5.32 Å². The topological polar surface area (TPSA) is 35.5 Å². The molecule has 20 heavy (non-hydrogen) atoms. The van der Waals surface area contributed by atoms with Gasteiger partial charge in [0.25, 0.3) is 0 Å². The van der Waals surface area contributed by atoms with Crippen LogP contribution >= 0.6 is 0 Å². The summed E-state index contributed by atoms with van der Waals surface area (Å²) < 4.78 is 14.2. The lowest BCUT2D eigenvalue weighted by atomic mass is 9.95. The number of β-amino-alcohol motifs (C(OH)–C–C–N with tert-alkyl or cyclic N) is 1. The largest absolute Gasteiger partial charge is 0.391 e. The number of nitrogens with one attached hydrogen (secondary N) is 1. The van der Waals surface area contributed by atoms with E-state index in [-0.39, 0.29) is 17.8 Å². The van der Waals surface area contributed by atoms with Gasteiger partial charge in [0, 0.05) is 25.7 Å². The number of anilines is 1. The Kier molecular flexibility index (Phi) is 5.00. The van der Waals surface area contributed by atoms with E-state index in [1.165, 1.54) is 6.07 Å². The van der Waals surface area contributed by atoms with Crippen LogP contribution in [0.2, 0.25) is 0 Å². The van der Waals surface area contributed by atoms with E-state index in [0.29, 0.717) is 24.8 Å². The molecule has 0 aliphatic carbocycles. The first-order valence-electron chi connectivity index (χ1n) is 7.42. The van der Waals surface area contributed by atoms with Gasteiger partial charge in [-0.3, -0.25) is 0 Å². The lowest BCUT2D eigenvalue weighted by Gasteiger charge is -2.37. The Morgan fingerprint density at radius 1 is 1.45 bits per heavy atom. The summed E-state index contributed by atoms with van der Waals surface area (Å²) in [5, 5.41) is 13.4. The van der Waals surface area contributed by atoms with Crippen molar-refractivity contribution in [1.29, 1.82) is 0 Å². The van der Waals surface area contributed by atoms with E-state index in [1.807, 2.05) is 17.9 Å². The summed E-state index contributed by atoms with van der Waals surface area (Å²) >= 11 is 0. The molecule has 2 unspecified atom stereocenters. The lowest BCUT2D eigenvalue weighted by molar-refractivity contribution is 0.102. The maximum Gasteiger partial charge on any atom is 0.146 e. The minimum absolute atomic E-state index is 0.199. The number of hydrogen-bond donors (Lipinski definition) is 2. The molecule has 1 aromatic carbocycles. The first-order valence-corrected chi connectivity index (χ1v) is 7.42. The summed E-state index contributed by atoms with van der Waals surface area (Å²) in [5.74, 6) is 0.0880. The molecule has 1 aromatic rings. The monoisotopic (exact) mass is 280 g/mol. The third-order valence-electron chi connectivity index (χ3n) is 4.01. The highest BCUT2D eigenvalue weighted by Crippen LogP contribution is 2.29. The Hall–Kier alpha value is -1.13. The number of benzene rings is 1. The molecule has 1 aliphatic rings. The molecule has 1 fully saturated rings. The Balaban J connectivity index is 2.21. The van der Waals surface area contributed by atoms with Crippen molar-refractivity contribution in [2.24, 2.45) is 5.92 Å². The standard InChI is InChI=1S/C16H25FN2O/c1-11(2)18-9-13-5-4-6-14(17)16(13)19-8-7-12(3)15(20)10-19/h4-6,11-12,15,18,20H,7-10H2,1-3H3. The van der Waals surface area contributed by atoms with E-state index in [0.717, 1.165) is 18.5 Å². The second kappa shape index (κ2) is 6.55. The van der Waals surface area contributed by atoms with Crippen LogP contribution in [0.3, 0.4) is 0 Å². The quantitative estimate of drug-likeness (QED) is 0.889. The molecule has 0 spiro atoms. The SMILES string of the molecule is CC(C)NCc1cccc(F)c1N1CCC(C)C(O)C1. The fourth-order valence-electron chi connectivity index (χ4n) is 2.62. The maximum absolute atomic E-state index is 14.2. The Morgan fingerprint density at radius 3 is 2.85 bits per heavy atom. The zero-order valence-corrected chi connectivity index (χ0v) is 12.6. The molecule has 112 valence electrons. The molecule has 1 saturated heterocycles. The van der Waals surface area contributed by atoms with Gasteiger partial charge in [-0.25, -0.2) is 4.39 Å². The van der Waals surface area contributed by atoms with E-state index in [2.05, 4.69) is 19.2 Å². The molecule has 0 saturated carbocycles. The van der Waals surface area contributed by atoms with Crippen LogP contribution in [-0.2, 0) is 6.54 Å². The summed E-state index contributed by atoms with van der Waals surface area (Å²) in [5.41, 5.74) is 1.60. The molecule has 0 radical (unpaired) electrons. The van der Waals surface area contributed by atoms with Crippen LogP contribution in [0.4, 0.5) is 10.1 Å². The number of hydrogen-bond acceptors (Lipinski definition) is 3. The molecule has 1 heterocycles. The van der Waals surface area contributed by atoms with Crippen LogP contribution in [0, 0.1) is 11.7 Å². The van der Waals surface area contributed by atoms with Crippen LogP contribution in [0.15, 0.2) is 18.2 Å². The van der Waals surface area contributed by atoms with Crippen LogP contribution in [-0.4, -0.2) is 30.3 Å². The fourth-order valence-corrected chi connectivity index (χ4v) is 2.62. The van der Waals surface area contributed by atoms with Crippen molar-refractivity contribution >= 4 is 5.69 Å². The number of nitrogens with zero attached hydrogens (tertiary/aromatic N) is 1. The van der Waals surface area contributed by atoms with Gasteiger partial charge in [0.1, 0.15) is 5.82 Å². The molecule has 2 rings (SSSR count). The van der Waals surface area contributed by atoms with E-state index >= 15 is 0 Å². The smallest absolute Gasteiger partial charge is 0.146 e. The summed E-state index contributed by atoms with van der Waals surface area (Å²) in [6, 6.07) is 5.56. The molecular formula is C16H25FN2O. The molecule has 0 aromatic heterocycles. The summed E-state index contributed by atoms with van der Waals surface area (Å²) in [6.07, 6.45) is 0.515. The lowest BCUT2D eigenvalue weighted by Crippen LogP contribution is -2.43. The molecule has 1 aliphatic heterocycles. The first kappa shape index (κ1) is 15.3. The normalized spacial score (nSPS) is 23.4. The molecule has 0 amide bonds. The Bertz CT molecular complexity index is 450. The van der Waals surface area contributed by atoms with Gasteiger partial charge in [-0.1, -0.05) is 32.9 Å². The van der Waals surface area contributed by atoms with E-state index < -0.39 is 0 Å². The van der Waals surface area contributed by atoms with Gasteiger partial charge in [0.15, 0.2) is 0 Å². The highest BCUT2D eigenvalue weighted by Gasteiger charge is 2.27. The van der Waals surface area contributed by atoms with Crippen LogP contribution in [0.1, 0.15) is 32.8 Å². The van der Waals surface area contributed by atoms with Crippen molar-refractivity contribution in [3.63, 3.8) is 0 Å². The zero-order valence-electron chi connectivity index (χ0n) is 12.6. The van der Waals surface area contributed by atoms with Crippen LogP contribution < -0.4 is 10.2 Å². The second-order valence-electron chi connectivity index (χ2n) is 6.06. The maximum atomic E-state index is 14.2. The van der Waals surface area contributed by atoms with Crippen molar-refractivity contribution in [3.8, 4) is 0 Å². The van der Waals surface area contributed by atoms with E-state index in [4.69, 9.17) is 0 Å². The number of rotatable bonds is 4. The van der Waals surface area contributed by atoms with Crippen LogP contribution in [0.5, 0.6) is 0 Å². The van der Waals surface area contributed by atoms with E-state index in [9.17, 15) is 9.50 Å². The van der Waals surface area contributed by atoms with Gasteiger partial charge in [-0.05, 0) is 24.0 Å². The van der Waals surface area contributed by atoms with Gasteiger partial charge in [-0.2, -0.15) is 0 Å². The van der Waals surface area contributed by atoms with Crippen molar-refractivity contribution in [2.75, 3.05) is 18.0 Å². The number of halogens is 1. The molecule has 2 N–H and O–H groups in total. The summed E-state index contributed by atoms with van der Waals surface area (Å²) in [7, 11) is 0. The zero-order chi connectivity index (χ0) is 14.7.